The number of carbonyl (C=O) groups excluding carboxylic acids is 2. The number of benzene rings is 2. The highest BCUT2D eigenvalue weighted by molar-refractivity contribution is 7.46. The molecule has 6 heterocycles. The lowest BCUT2D eigenvalue weighted by atomic mass is 10.1. The molecule has 0 radical (unpaired) electrons. The molecule has 0 spiro atoms. The van der Waals surface area contributed by atoms with Crippen molar-refractivity contribution in [3.63, 3.8) is 0 Å². The number of esters is 2. The lowest BCUT2D eigenvalue weighted by Gasteiger charge is -2.21. The maximum Gasteiger partial charge on any atom is 0.469 e. The first kappa shape index (κ1) is 53.1. The van der Waals surface area contributed by atoms with Gasteiger partial charge in [-0.2, -0.15) is 27.5 Å². The lowest BCUT2D eigenvalue weighted by molar-refractivity contribution is -0.894. The van der Waals surface area contributed by atoms with Crippen LogP contribution >= 0.6 is 7.82 Å². The van der Waals surface area contributed by atoms with Gasteiger partial charge in [-0.1, -0.05) is 0 Å². The number of quaternary nitrogens is 1. The summed E-state index contributed by atoms with van der Waals surface area (Å²) in [5.41, 5.74) is -0.539. The highest BCUT2D eigenvalue weighted by Gasteiger charge is 2.61. The number of alkyl halides is 4. The third kappa shape index (κ3) is 15.0. The van der Waals surface area contributed by atoms with Crippen molar-refractivity contribution in [1.29, 1.82) is 0 Å². The standard InChI is InChI=1S/C22H23F2N2O11P.C22H22F2N2O8.C6H15N/c1-11-5-14(33-2)6-12-7-15(36-18(11)12)9-34-17(27)8-13-3-4-26(21(29)25-13)20-22(23,24)19(28)16(37-20)10-35-38(30,31)32;1-11-5-14(31-2)6-12-7-15(33-18(11)12)10-32-17(28)8-13-3-4-26(21(30)25-13)20-22(23,24)19(29)16(9-27)34-20;1-4-7(5-2)6-3/h3-7,16,19-20,28H,8-10H2,1-2H3,(H2,30,31,32);3-7,16,19-20,27,29H,8-10H2,1-2H3;4-6H2,1-3H3/p+1/t2*16-,19-,20-;/m11./s1/i2*2D3;. The Labute approximate surface area is 455 Å². The predicted octanol–water partition coefficient (Wildman–Crippen LogP) is 3.00. The number of nitrogens with zero attached hydrogens (tertiary/aromatic N) is 4. The second-order valence-electron chi connectivity index (χ2n) is 17.9. The molecule has 0 unspecified atom stereocenters. The number of nitrogens with one attached hydrogen (secondary N) is 1. The molecule has 6 aromatic rings. The van der Waals surface area contributed by atoms with E-state index in [0.717, 1.165) is 24.5 Å². The fourth-order valence-electron chi connectivity index (χ4n) is 8.25. The molecule has 24 nitrogen and oxygen atoms in total. The quantitative estimate of drug-likeness (QED) is 0.0386. The summed E-state index contributed by atoms with van der Waals surface area (Å²) in [6.45, 7) is 11.3. The number of rotatable bonds is 19. The zero-order valence-corrected chi connectivity index (χ0v) is 43.7. The molecule has 6 atom stereocenters. The molecule has 6 N–H and O–H groups in total. The van der Waals surface area contributed by atoms with Crippen molar-refractivity contribution in [2.45, 2.75) is 109 Å². The molecule has 29 heteroatoms. The molecule has 0 aliphatic carbocycles. The first-order chi connectivity index (χ1) is 39.6. The molecule has 0 amide bonds. The number of aromatic nitrogens is 4. The molecule has 2 fully saturated rings. The molecule has 8 rings (SSSR count). The molecular formula is C50H61F4N5O19P+. The van der Waals surface area contributed by atoms with E-state index in [1.807, 2.05) is 0 Å². The van der Waals surface area contributed by atoms with Gasteiger partial charge in [0.2, 0.25) is 12.5 Å². The molecule has 0 bridgehead atoms. The van der Waals surface area contributed by atoms with E-state index >= 15 is 0 Å². The van der Waals surface area contributed by atoms with Gasteiger partial charge in [-0.15, -0.1) is 0 Å². The molecule has 432 valence electrons. The Balaban J connectivity index is 0.000000246. The molecule has 79 heavy (non-hydrogen) atoms. The predicted molar refractivity (Wildman–Crippen MR) is 266 cm³/mol. The van der Waals surface area contributed by atoms with Crippen LogP contribution in [0, 0.1) is 13.8 Å². The third-order valence-corrected chi connectivity index (χ3v) is 12.9. The maximum absolute atomic E-state index is 14.6. The van der Waals surface area contributed by atoms with Crippen molar-refractivity contribution in [3.05, 3.63) is 116 Å². The van der Waals surface area contributed by atoms with Gasteiger partial charge < -0.3 is 67.3 Å². The first-order valence-electron chi connectivity index (χ1n) is 27.0. The van der Waals surface area contributed by atoms with Gasteiger partial charge in [0.05, 0.1) is 79.4 Å². The molecular weight excluding hydrogens is 1080 g/mol. The molecule has 2 aromatic carbocycles. The van der Waals surface area contributed by atoms with Gasteiger partial charge in [-0.05, 0) is 94.3 Å². The number of ether oxygens (including phenoxy) is 6. The van der Waals surface area contributed by atoms with Crippen LogP contribution in [-0.4, -0.2) is 139 Å². The van der Waals surface area contributed by atoms with Crippen LogP contribution in [0.5, 0.6) is 11.5 Å². The lowest BCUT2D eigenvalue weighted by Crippen LogP contribution is -3.11. The van der Waals surface area contributed by atoms with Crippen LogP contribution in [-0.2, 0) is 63.7 Å². The Kier molecular flexibility index (Phi) is 17.6. The molecule has 0 saturated carbocycles. The Morgan fingerprint density at radius 1 is 0.722 bits per heavy atom. The van der Waals surface area contributed by atoms with Gasteiger partial charge in [0.1, 0.15) is 59.6 Å². The topological polar surface area (TPSA) is 317 Å². The summed E-state index contributed by atoms with van der Waals surface area (Å²) in [5, 5.41) is 29.6. The minimum Gasteiger partial charge on any atom is -0.497 e. The number of halogens is 4. The Morgan fingerprint density at radius 2 is 1.14 bits per heavy atom. The number of aryl methyl sites for hydroxylation is 2. The zero-order valence-electron chi connectivity index (χ0n) is 48.8. The van der Waals surface area contributed by atoms with Crippen LogP contribution in [0.4, 0.5) is 17.6 Å². The van der Waals surface area contributed by atoms with Crippen LogP contribution in [0.1, 0.15) is 75.5 Å². The second kappa shape index (κ2) is 26.1. The summed E-state index contributed by atoms with van der Waals surface area (Å²) in [6, 6.07) is 11.2. The minimum absolute atomic E-state index is 0.0567. The summed E-state index contributed by atoms with van der Waals surface area (Å²) >= 11 is 0. The highest BCUT2D eigenvalue weighted by Crippen LogP contribution is 2.45. The van der Waals surface area contributed by atoms with Crippen molar-refractivity contribution in [2.24, 2.45) is 0 Å². The van der Waals surface area contributed by atoms with E-state index in [2.05, 4.69) is 35.3 Å². The van der Waals surface area contributed by atoms with Gasteiger partial charge in [0.15, 0.2) is 12.2 Å². The van der Waals surface area contributed by atoms with Crippen LogP contribution in [0.15, 0.2) is 79.3 Å². The fourth-order valence-corrected chi connectivity index (χ4v) is 8.59. The van der Waals surface area contributed by atoms with Gasteiger partial charge in [0.25, 0.3) is 0 Å². The van der Waals surface area contributed by atoms with Gasteiger partial charge in [-0.25, -0.2) is 14.2 Å². The van der Waals surface area contributed by atoms with Crippen molar-refractivity contribution < 1.29 is 112 Å². The SMILES string of the molecule is CC[NH+](CC)CC.[2H]C([2H])([2H])Oc1cc(C)c2oc(COC(=O)Cc3ccn([C@@H]4O[C@H](CO)[C@@H](O)C4(F)F)c(=O)n3)cc2c1.[2H]C([2H])([2H])Oc1cc(C)c2oc(COC(=O)Cc3ccn([C@@H]4O[C@H](COP(=O)(O)O)[C@@H](O)C4(F)F)c(=O)n3)cc2c1. The number of phosphoric ester groups is 1. The van der Waals surface area contributed by atoms with Gasteiger partial charge >= 0.3 is 43.0 Å². The number of phosphoric acid groups is 1. The molecule has 4 aromatic heterocycles. The van der Waals surface area contributed by atoms with E-state index in [9.17, 15) is 51.5 Å². The summed E-state index contributed by atoms with van der Waals surface area (Å²) < 4.78 is 158. The average molecular weight is 1150 g/mol. The largest absolute Gasteiger partial charge is 0.497 e. The van der Waals surface area contributed by atoms with Crippen molar-refractivity contribution in [2.75, 3.05) is 46.9 Å². The average Bonchev–Trinajstić information content (AvgIpc) is 2.09. The van der Waals surface area contributed by atoms with E-state index in [0.29, 0.717) is 42.2 Å². The number of carbonyl (C=O) groups is 2. The number of furan rings is 2. The number of methoxy groups -OCH3 is 2. The number of aliphatic hydroxyl groups excluding tert-OH is 3. The van der Waals surface area contributed by atoms with Gasteiger partial charge in [0, 0.05) is 23.2 Å². The number of hydrogen-bond acceptors (Lipinski definition) is 19. The van der Waals surface area contributed by atoms with E-state index in [1.165, 1.54) is 50.0 Å². The number of hydrogen-bond donors (Lipinski definition) is 6. The molecule has 2 aliphatic heterocycles. The van der Waals surface area contributed by atoms with Crippen molar-refractivity contribution >= 4 is 41.7 Å². The van der Waals surface area contributed by atoms with Gasteiger partial charge in [-0.3, -0.25) is 23.2 Å². The van der Waals surface area contributed by atoms with Crippen LogP contribution in [0.25, 0.3) is 21.9 Å². The monoisotopic (exact) mass is 1150 g/mol. The van der Waals surface area contributed by atoms with E-state index < -0.39 is 120 Å². The number of fused-ring (bicyclic) bond motifs is 2. The minimum atomic E-state index is -5.04. The van der Waals surface area contributed by atoms with Crippen molar-refractivity contribution in [1.82, 2.24) is 19.1 Å². The molecule has 2 aliphatic rings. The van der Waals surface area contributed by atoms with Crippen LogP contribution in [0.2, 0.25) is 0 Å². The summed E-state index contributed by atoms with van der Waals surface area (Å²) in [4.78, 5) is 75.7. The first-order valence-corrected chi connectivity index (χ1v) is 25.6. The fraction of sp³-hybridized carbons (Fsp3) is 0.480. The van der Waals surface area contributed by atoms with E-state index in [-0.39, 0.29) is 47.6 Å². The van der Waals surface area contributed by atoms with E-state index in [1.54, 1.807) is 24.8 Å². The summed E-state index contributed by atoms with van der Waals surface area (Å²) in [5.74, 6) is -8.83. The Hall–Kier alpha value is -6.59. The Morgan fingerprint density at radius 3 is 1.49 bits per heavy atom. The highest BCUT2D eigenvalue weighted by atomic mass is 31.2. The summed E-state index contributed by atoms with van der Waals surface area (Å²) in [7, 11) is -10.3. The summed E-state index contributed by atoms with van der Waals surface area (Å²) in [6.07, 6.45) is -12.0. The third-order valence-electron chi connectivity index (χ3n) is 12.4. The smallest absolute Gasteiger partial charge is 0.469 e. The normalized spacial score (nSPS) is 21.8. The molecule has 2 saturated heterocycles. The van der Waals surface area contributed by atoms with Crippen LogP contribution < -0.4 is 25.8 Å². The van der Waals surface area contributed by atoms with Crippen molar-refractivity contribution in [3.8, 4) is 11.5 Å². The van der Waals surface area contributed by atoms with Crippen LogP contribution in [0.3, 0.4) is 0 Å². The second-order valence-corrected chi connectivity index (χ2v) is 19.2. The Bertz CT molecular complexity index is 3480. The van der Waals surface area contributed by atoms with E-state index in [4.69, 9.17) is 60.4 Å². The zero-order chi connectivity index (χ0) is 63.1. The maximum atomic E-state index is 14.6. The number of aliphatic hydroxyl groups is 3.